The minimum absolute atomic E-state index is 0.00339. The summed E-state index contributed by atoms with van der Waals surface area (Å²) in [6.07, 6.45) is 0.341. The lowest BCUT2D eigenvalue weighted by molar-refractivity contribution is -0.140. The van der Waals surface area contributed by atoms with Gasteiger partial charge in [-0.25, -0.2) is 8.42 Å². The van der Waals surface area contributed by atoms with Crippen molar-refractivity contribution in [2.45, 2.75) is 51.6 Å². The molecule has 0 spiro atoms. The van der Waals surface area contributed by atoms with Gasteiger partial charge < -0.3 is 15.0 Å². The molecule has 3 aromatic rings. The molecule has 0 saturated heterocycles. The summed E-state index contributed by atoms with van der Waals surface area (Å²) in [7, 11) is -2.61. The van der Waals surface area contributed by atoms with E-state index in [1.807, 2.05) is 33.8 Å². The molecule has 0 bridgehead atoms. The molecule has 0 aliphatic carbocycles. The van der Waals surface area contributed by atoms with E-state index in [4.69, 9.17) is 16.3 Å². The number of benzene rings is 3. The third-order valence-electron chi connectivity index (χ3n) is 6.56. The van der Waals surface area contributed by atoms with Crippen molar-refractivity contribution < 1.29 is 22.7 Å². The molecule has 0 fully saturated rings. The number of carbonyl (C=O) groups is 2. The van der Waals surface area contributed by atoms with Gasteiger partial charge in [-0.2, -0.15) is 0 Å². The van der Waals surface area contributed by atoms with Crippen LogP contribution in [-0.4, -0.2) is 51.4 Å². The molecule has 3 aromatic carbocycles. The zero-order valence-corrected chi connectivity index (χ0v) is 25.7. The van der Waals surface area contributed by atoms with Crippen molar-refractivity contribution in [1.82, 2.24) is 10.2 Å². The minimum atomic E-state index is -4.16. The molecule has 1 N–H and O–H groups in total. The quantitative estimate of drug-likeness (QED) is 0.283. The van der Waals surface area contributed by atoms with Gasteiger partial charge in [0.15, 0.2) is 0 Å². The number of halogens is 1. The van der Waals surface area contributed by atoms with E-state index < -0.39 is 28.5 Å². The van der Waals surface area contributed by atoms with Gasteiger partial charge in [0.05, 0.1) is 17.7 Å². The highest BCUT2D eigenvalue weighted by molar-refractivity contribution is 7.92. The molecule has 0 radical (unpaired) electrons. The van der Waals surface area contributed by atoms with Crippen molar-refractivity contribution in [2.75, 3.05) is 24.5 Å². The average molecular weight is 600 g/mol. The topological polar surface area (TPSA) is 96.0 Å². The van der Waals surface area contributed by atoms with Crippen LogP contribution in [0, 0.1) is 12.8 Å². The van der Waals surface area contributed by atoms with E-state index in [-0.39, 0.29) is 23.3 Å². The van der Waals surface area contributed by atoms with Gasteiger partial charge in [-0.3, -0.25) is 13.9 Å². The SMILES string of the molecule is CCC(C(=O)NCC(C)C)N(Cc1cccc(OC)c1)C(=O)CN(c1ccc(C)cc1)S(=O)(=O)c1ccc(Cl)cc1. The number of sulfonamides is 1. The summed E-state index contributed by atoms with van der Waals surface area (Å²) < 4.78 is 34.2. The zero-order chi connectivity index (χ0) is 30.2. The fourth-order valence-electron chi connectivity index (χ4n) is 4.28. The molecule has 2 amide bonds. The van der Waals surface area contributed by atoms with Crippen LogP contribution in [-0.2, 0) is 26.2 Å². The van der Waals surface area contributed by atoms with Crippen LogP contribution >= 0.6 is 11.6 Å². The van der Waals surface area contributed by atoms with Gasteiger partial charge in [-0.05, 0) is 73.4 Å². The first-order chi connectivity index (χ1) is 19.5. The Balaban J connectivity index is 2.05. The Labute approximate surface area is 248 Å². The Morgan fingerprint density at radius 3 is 2.24 bits per heavy atom. The summed E-state index contributed by atoms with van der Waals surface area (Å²) in [6.45, 7) is 7.73. The number of hydrogen-bond donors (Lipinski definition) is 1. The average Bonchev–Trinajstić information content (AvgIpc) is 2.95. The first kappa shape index (κ1) is 32.0. The number of hydrogen-bond acceptors (Lipinski definition) is 5. The number of aryl methyl sites for hydroxylation is 1. The second-order valence-corrected chi connectivity index (χ2v) is 12.5. The van der Waals surface area contributed by atoms with Crippen molar-refractivity contribution in [2.24, 2.45) is 5.92 Å². The Morgan fingerprint density at radius 2 is 1.66 bits per heavy atom. The molecule has 1 unspecified atom stereocenters. The highest BCUT2D eigenvalue weighted by Gasteiger charge is 2.33. The Hall–Kier alpha value is -3.56. The second kappa shape index (κ2) is 14.4. The van der Waals surface area contributed by atoms with Crippen molar-refractivity contribution in [3.05, 3.63) is 88.9 Å². The maximum atomic E-state index is 14.1. The first-order valence-electron chi connectivity index (χ1n) is 13.5. The Kier molecular flexibility index (Phi) is 11.2. The number of rotatable bonds is 13. The Bertz CT molecular complexity index is 1430. The third-order valence-corrected chi connectivity index (χ3v) is 8.60. The predicted octanol–water partition coefficient (Wildman–Crippen LogP) is 5.43. The second-order valence-electron chi connectivity index (χ2n) is 10.2. The number of carbonyl (C=O) groups excluding carboxylic acids is 2. The molecular weight excluding hydrogens is 562 g/mol. The van der Waals surface area contributed by atoms with Crippen LogP contribution in [0.15, 0.2) is 77.7 Å². The van der Waals surface area contributed by atoms with Gasteiger partial charge in [-0.15, -0.1) is 0 Å². The van der Waals surface area contributed by atoms with Crippen molar-refractivity contribution in [3.63, 3.8) is 0 Å². The molecule has 1 atom stereocenters. The number of nitrogens with one attached hydrogen (secondary N) is 1. The first-order valence-corrected chi connectivity index (χ1v) is 15.3. The number of amides is 2. The molecule has 0 aliphatic heterocycles. The monoisotopic (exact) mass is 599 g/mol. The maximum absolute atomic E-state index is 14.1. The van der Waals surface area contributed by atoms with Crippen LogP contribution in [0.5, 0.6) is 5.75 Å². The van der Waals surface area contributed by atoms with Crippen LogP contribution in [0.4, 0.5) is 5.69 Å². The summed E-state index contributed by atoms with van der Waals surface area (Å²) >= 11 is 6.01. The van der Waals surface area contributed by atoms with Crippen molar-refractivity contribution in [3.8, 4) is 5.75 Å². The standard InChI is InChI=1S/C31H38ClN3O5S/c1-6-29(31(37)33-19-22(2)3)34(20-24-8-7-9-27(18-24)40-5)30(36)21-35(26-14-10-23(4)11-15-26)41(38,39)28-16-12-25(32)13-17-28/h7-18,22,29H,6,19-21H2,1-5H3,(H,33,37). The molecule has 10 heteroatoms. The van der Waals surface area contributed by atoms with E-state index in [1.54, 1.807) is 49.6 Å². The number of anilines is 1. The smallest absolute Gasteiger partial charge is 0.264 e. The van der Waals surface area contributed by atoms with E-state index in [1.165, 1.54) is 29.2 Å². The molecule has 220 valence electrons. The molecule has 0 heterocycles. The summed E-state index contributed by atoms with van der Waals surface area (Å²) in [5.41, 5.74) is 2.02. The molecule has 0 aliphatic rings. The summed E-state index contributed by atoms with van der Waals surface area (Å²) in [6, 6.07) is 19.1. The third kappa shape index (κ3) is 8.47. The van der Waals surface area contributed by atoms with Gasteiger partial charge in [0.1, 0.15) is 18.3 Å². The van der Waals surface area contributed by atoms with E-state index in [0.29, 0.717) is 29.4 Å². The number of methoxy groups -OCH3 is 1. The van der Waals surface area contributed by atoms with Gasteiger partial charge in [-0.1, -0.05) is 62.2 Å². The Morgan fingerprint density at radius 1 is 1.00 bits per heavy atom. The summed E-state index contributed by atoms with van der Waals surface area (Å²) in [4.78, 5) is 28.9. The molecule has 3 rings (SSSR count). The lowest BCUT2D eigenvalue weighted by Crippen LogP contribution is -2.52. The fourth-order valence-corrected chi connectivity index (χ4v) is 5.82. The van der Waals surface area contributed by atoms with Crippen LogP contribution in [0.2, 0.25) is 5.02 Å². The van der Waals surface area contributed by atoms with Crippen LogP contribution in [0.3, 0.4) is 0 Å². The highest BCUT2D eigenvalue weighted by Crippen LogP contribution is 2.26. The predicted molar refractivity (Wildman–Crippen MR) is 163 cm³/mol. The van der Waals surface area contributed by atoms with Crippen LogP contribution < -0.4 is 14.4 Å². The minimum Gasteiger partial charge on any atom is -0.497 e. The molecule has 8 nitrogen and oxygen atoms in total. The molecule has 41 heavy (non-hydrogen) atoms. The molecule has 0 saturated carbocycles. The highest BCUT2D eigenvalue weighted by atomic mass is 35.5. The lowest BCUT2D eigenvalue weighted by Gasteiger charge is -2.33. The lowest BCUT2D eigenvalue weighted by atomic mass is 10.1. The van der Waals surface area contributed by atoms with Gasteiger partial charge in [0.25, 0.3) is 10.0 Å². The fraction of sp³-hybridized carbons (Fsp3) is 0.355. The van der Waals surface area contributed by atoms with Crippen LogP contribution in [0.25, 0.3) is 0 Å². The van der Waals surface area contributed by atoms with Crippen molar-refractivity contribution >= 4 is 39.1 Å². The van der Waals surface area contributed by atoms with Crippen molar-refractivity contribution in [1.29, 1.82) is 0 Å². The van der Waals surface area contributed by atoms with Crippen LogP contribution in [0.1, 0.15) is 38.3 Å². The normalized spacial score (nSPS) is 12.1. The van der Waals surface area contributed by atoms with E-state index >= 15 is 0 Å². The van der Waals surface area contributed by atoms with Gasteiger partial charge in [0.2, 0.25) is 11.8 Å². The summed E-state index contributed by atoms with van der Waals surface area (Å²) in [5.74, 6) is 0.0247. The van der Waals surface area contributed by atoms with Gasteiger partial charge >= 0.3 is 0 Å². The number of nitrogens with zero attached hydrogens (tertiary/aromatic N) is 2. The molecule has 0 aromatic heterocycles. The summed E-state index contributed by atoms with van der Waals surface area (Å²) in [5, 5.41) is 3.32. The van der Waals surface area contributed by atoms with E-state index in [0.717, 1.165) is 15.4 Å². The maximum Gasteiger partial charge on any atom is 0.264 e. The zero-order valence-electron chi connectivity index (χ0n) is 24.1. The molecular formula is C31H38ClN3O5S. The van der Waals surface area contributed by atoms with E-state index in [2.05, 4.69) is 5.32 Å². The number of ether oxygens (including phenoxy) is 1. The van der Waals surface area contributed by atoms with Gasteiger partial charge in [0, 0.05) is 18.1 Å². The largest absolute Gasteiger partial charge is 0.497 e. The van der Waals surface area contributed by atoms with E-state index in [9.17, 15) is 18.0 Å².